The number of ketones is 1. The van der Waals surface area contributed by atoms with Crippen molar-refractivity contribution in [3.8, 4) is 0 Å². The monoisotopic (exact) mass is 284 g/mol. The van der Waals surface area contributed by atoms with Crippen LogP contribution in [0.1, 0.15) is 45.6 Å². The van der Waals surface area contributed by atoms with Gasteiger partial charge in [-0.15, -0.1) is 0 Å². The molecule has 1 heterocycles. The lowest BCUT2D eigenvalue weighted by atomic mass is 10.1. The van der Waals surface area contributed by atoms with Gasteiger partial charge in [0, 0.05) is 12.6 Å². The highest BCUT2D eigenvalue weighted by Crippen LogP contribution is 2.10. The zero-order valence-electron chi connectivity index (χ0n) is 11.7. The number of carbonyl (C=O) groups is 2. The quantitative estimate of drug-likeness (QED) is 0.824. The number of Topliss-reactive ketones (excluding diaryl/α,β-unsaturated/α-hetero) is 1. The number of hydrogen-bond donors (Lipinski definition) is 1. The summed E-state index contributed by atoms with van der Waals surface area (Å²) >= 11 is 0. The third kappa shape index (κ3) is 3.95. The first-order valence-electron chi connectivity index (χ1n) is 6.72. The van der Waals surface area contributed by atoms with Gasteiger partial charge in [0.25, 0.3) is 0 Å². The van der Waals surface area contributed by atoms with Crippen LogP contribution < -0.4 is 0 Å². The Bertz CT molecular complexity index is 654. The summed E-state index contributed by atoms with van der Waals surface area (Å²) in [6.45, 7) is 1.31. The number of nitrogens with zero attached hydrogens (tertiary/aromatic N) is 2. The van der Waals surface area contributed by atoms with E-state index in [0.717, 1.165) is 12.8 Å². The van der Waals surface area contributed by atoms with E-state index in [2.05, 4.69) is 9.97 Å². The van der Waals surface area contributed by atoms with E-state index in [4.69, 9.17) is 5.11 Å². The normalized spacial score (nSPS) is 10.3. The summed E-state index contributed by atoms with van der Waals surface area (Å²) < 4.78 is 0. The molecule has 1 aromatic carbocycles. The van der Waals surface area contributed by atoms with E-state index in [0.29, 0.717) is 12.2 Å². The van der Waals surface area contributed by atoms with E-state index in [1.54, 1.807) is 0 Å². The maximum Gasteiger partial charge on any atom is 0.355 e. The molecule has 0 aliphatic heterocycles. The van der Waals surface area contributed by atoms with Crippen molar-refractivity contribution in [3.05, 3.63) is 59.2 Å². The molecule has 0 radical (unpaired) electrons. The summed E-state index contributed by atoms with van der Waals surface area (Å²) in [5.74, 6) is -1.09. The lowest BCUT2D eigenvalue weighted by Gasteiger charge is -2.05. The maximum absolute atomic E-state index is 11.3. The van der Waals surface area contributed by atoms with Crippen LogP contribution in [0.4, 0.5) is 0 Å². The molecular weight excluding hydrogens is 268 g/mol. The van der Waals surface area contributed by atoms with Crippen LogP contribution in [0, 0.1) is 0 Å². The van der Waals surface area contributed by atoms with E-state index in [9.17, 15) is 9.59 Å². The van der Waals surface area contributed by atoms with Crippen molar-refractivity contribution in [2.45, 2.75) is 26.2 Å². The average Bonchev–Trinajstić information content (AvgIpc) is 2.48. The van der Waals surface area contributed by atoms with Crippen LogP contribution in [0.2, 0.25) is 0 Å². The number of carbonyl (C=O) groups excluding carboxylic acids is 1. The number of carboxylic acids is 1. The fraction of sp³-hybridized carbons (Fsp3) is 0.250. The number of hydrogen-bond acceptors (Lipinski definition) is 4. The summed E-state index contributed by atoms with van der Waals surface area (Å²) in [5.41, 5.74) is 1.05. The van der Waals surface area contributed by atoms with Gasteiger partial charge in [-0.25, -0.2) is 14.8 Å². The van der Waals surface area contributed by atoms with Crippen molar-refractivity contribution in [1.29, 1.82) is 0 Å². The molecule has 1 aromatic heterocycles. The molecule has 5 nitrogen and oxygen atoms in total. The summed E-state index contributed by atoms with van der Waals surface area (Å²) in [7, 11) is 0. The van der Waals surface area contributed by atoms with E-state index >= 15 is 0 Å². The highest BCUT2D eigenvalue weighted by Gasteiger charge is 2.16. The van der Waals surface area contributed by atoms with Gasteiger partial charge in [-0.05, 0) is 25.3 Å². The molecule has 0 amide bonds. The standard InChI is InChI=1S/C16H16N2O3/c1-11(19)13-10-17-14(18-15(13)16(20)21)9-5-8-12-6-3-2-4-7-12/h2-4,6-7,10H,5,8-9H2,1H3,(H,20,21). The molecule has 0 spiro atoms. The Balaban J connectivity index is 2.05. The minimum Gasteiger partial charge on any atom is -0.476 e. The van der Waals surface area contributed by atoms with Crippen LogP contribution >= 0.6 is 0 Å². The second-order valence-corrected chi connectivity index (χ2v) is 4.75. The van der Waals surface area contributed by atoms with Crippen LogP contribution in [-0.4, -0.2) is 26.8 Å². The molecule has 0 aliphatic rings. The van der Waals surface area contributed by atoms with Crippen molar-refractivity contribution in [1.82, 2.24) is 9.97 Å². The Labute approximate surface area is 122 Å². The number of aromatic carboxylic acids is 1. The summed E-state index contributed by atoms with van der Waals surface area (Å²) in [4.78, 5) is 30.5. The largest absolute Gasteiger partial charge is 0.476 e. The third-order valence-electron chi connectivity index (χ3n) is 3.13. The minimum atomic E-state index is -1.20. The Kier molecular flexibility index (Phi) is 4.77. The lowest BCUT2D eigenvalue weighted by molar-refractivity contribution is 0.0685. The fourth-order valence-corrected chi connectivity index (χ4v) is 2.05. The summed E-state index contributed by atoms with van der Waals surface area (Å²) in [6.07, 6.45) is 3.58. The molecule has 0 saturated heterocycles. The van der Waals surface area contributed by atoms with Gasteiger partial charge in [-0.3, -0.25) is 4.79 Å². The molecule has 1 N–H and O–H groups in total. The highest BCUT2D eigenvalue weighted by atomic mass is 16.4. The van der Waals surface area contributed by atoms with Gasteiger partial charge in [0.05, 0.1) is 5.56 Å². The molecule has 0 fully saturated rings. The van der Waals surface area contributed by atoms with Gasteiger partial charge < -0.3 is 5.11 Å². The smallest absolute Gasteiger partial charge is 0.355 e. The Morgan fingerprint density at radius 1 is 1.14 bits per heavy atom. The SMILES string of the molecule is CC(=O)c1cnc(CCCc2ccccc2)nc1C(=O)O. The van der Waals surface area contributed by atoms with Gasteiger partial charge in [0.15, 0.2) is 11.5 Å². The fourth-order valence-electron chi connectivity index (χ4n) is 2.05. The molecule has 0 atom stereocenters. The van der Waals surface area contributed by atoms with E-state index < -0.39 is 5.97 Å². The summed E-state index contributed by atoms with van der Waals surface area (Å²) in [5, 5.41) is 9.10. The molecule has 0 unspecified atom stereocenters. The summed E-state index contributed by atoms with van der Waals surface area (Å²) in [6, 6.07) is 10.0. The van der Waals surface area contributed by atoms with Crippen molar-refractivity contribution in [2.75, 3.05) is 0 Å². The second kappa shape index (κ2) is 6.74. The lowest BCUT2D eigenvalue weighted by Crippen LogP contribution is -2.12. The zero-order chi connectivity index (χ0) is 15.2. The van der Waals surface area contributed by atoms with Gasteiger partial charge in [0.1, 0.15) is 5.82 Å². The van der Waals surface area contributed by atoms with E-state index in [-0.39, 0.29) is 17.0 Å². The van der Waals surface area contributed by atoms with Crippen LogP contribution in [0.15, 0.2) is 36.5 Å². The molecule has 2 aromatic rings. The predicted octanol–water partition coefficient (Wildman–Crippen LogP) is 2.55. The highest BCUT2D eigenvalue weighted by molar-refractivity contribution is 6.03. The van der Waals surface area contributed by atoms with Gasteiger partial charge >= 0.3 is 5.97 Å². The van der Waals surface area contributed by atoms with Crippen molar-refractivity contribution >= 4 is 11.8 Å². The Morgan fingerprint density at radius 3 is 2.48 bits per heavy atom. The number of carboxylic acid groups (broad SMARTS) is 1. The molecule has 0 aliphatic carbocycles. The molecule has 0 bridgehead atoms. The Morgan fingerprint density at radius 2 is 1.86 bits per heavy atom. The average molecular weight is 284 g/mol. The van der Waals surface area contributed by atoms with E-state index in [1.807, 2.05) is 30.3 Å². The molecule has 108 valence electrons. The van der Waals surface area contributed by atoms with Crippen LogP contribution in [-0.2, 0) is 12.8 Å². The number of rotatable bonds is 6. The minimum absolute atomic E-state index is 0.0503. The number of aromatic nitrogens is 2. The van der Waals surface area contributed by atoms with Crippen molar-refractivity contribution in [3.63, 3.8) is 0 Å². The van der Waals surface area contributed by atoms with Crippen LogP contribution in [0.3, 0.4) is 0 Å². The van der Waals surface area contributed by atoms with Gasteiger partial charge in [-0.1, -0.05) is 30.3 Å². The first-order valence-corrected chi connectivity index (χ1v) is 6.72. The topological polar surface area (TPSA) is 80.2 Å². The maximum atomic E-state index is 11.3. The molecule has 0 saturated carbocycles. The van der Waals surface area contributed by atoms with Gasteiger partial charge in [0.2, 0.25) is 0 Å². The van der Waals surface area contributed by atoms with Crippen molar-refractivity contribution in [2.24, 2.45) is 0 Å². The van der Waals surface area contributed by atoms with Crippen LogP contribution in [0.25, 0.3) is 0 Å². The second-order valence-electron chi connectivity index (χ2n) is 4.75. The first kappa shape index (κ1) is 14.8. The molecule has 5 heteroatoms. The molecular formula is C16H16N2O3. The zero-order valence-corrected chi connectivity index (χ0v) is 11.7. The predicted molar refractivity (Wildman–Crippen MR) is 77.5 cm³/mol. The van der Waals surface area contributed by atoms with E-state index in [1.165, 1.54) is 18.7 Å². The van der Waals surface area contributed by atoms with Crippen LogP contribution in [0.5, 0.6) is 0 Å². The molecule has 2 rings (SSSR count). The number of aryl methyl sites for hydroxylation is 2. The molecule has 21 heavy (non-hydrogen) atoms. The van der Waals surface area contributed by atoms with Gasteiger partial charge in [-0.2, -0.15) is 0 Å². The number of benzene rings is 1. The van der Waals surface area contributed by atoms with Crippen molar-refractivity contribution < 1.29 is 14.7 Å². The first-order chi connectivity index (χ1) is 10.1. The third-order valence-corrected chi connectivity index (χ3v) is 3.13. The Hall–Kier alpha value is -2.56.